The molecule has 0 radical (unpaired) electrons. The highest BCUT2D eigenvalue weighted by molar-refractivity contribution is 4.95. The Morgan fingerprint density at radius 2 is 2.00 bits per heavy atom. The minimum Gasteiger partial charge on any atom is -0.306 e. The van der Waals surface area contributed by atoms with E-state index in [1.54, 1.807) is 0 Å². The van der Waals surface area contributed by atoms with Crippen molar-refractivity contribution >= 4 is 0 Å². The molecule has 0 amide bonds. The van der Waals surface area contributed by atoms with Gasteiger partial charge >= 0.3 is 0 Å². The van der Waals surface area contributed by atoms with Crippen LogP contribution in [-0.2, 0) is 13.6 Å². The second-order valence-electron chi connectivity index (χ2n) is 5.18. The Hall–Kier alpha value is -0.900. The molecule has 1 aromatic rings. The minimum atomic E-state index is 0.306. The molecule has 0 aromatic carbocycles. The smallest absolute Gasteiger partial charge is 0.0738 e. The van der Waals surface area contributed by atoms with Crippen LogP contribution in [0.3, 0.4) is 0 Å². The highest BCUT2D eigenvalue weighted by atomic mass is 15.4. The van der Waals surface area contributed by atoms with E-state index in [0.717, 1.165) is 12.2 Å². The summed E-state index contributed by atoms with van der Waals surface area (Å²) in [5.41, 5.74) is 1.46. The fraction of sp³-hybridized carbons (Fsp3) is 0.833. The molecule has 1 saturated carbocycles. The Labute approximate surface area is 97.4 Å². The standard InChI is InChI=1S/C12H22N4/c1-12(7-5-3-4-6-8-12)13-9-11-10-14-15-16(11)2/h10,13H,3-9H2,1-2H3. The van der Waals surface area contributed by atoms with Gasteiger partial charge < -0.3 is 5.32 Å². The van der Waals surface area contributed by atoms with Crippen molar-refractivity contribution in [1.29, 1.82) is 0 Å². The SMILES string of the molecule is Cn1nncc1CNC1(C)CCCCCC1. The highest BCUT2D eigenvalue weighted by Crippen LogP contribution is 2.26. The lowest BCUT2D eigenvalue weighted by molar-refractivity contribution is 0.307. The van der Waals surface area contributed by atoms with E-state index < -0.39 is 0 Å². The zero-order chi connectivity index (χ0) is 11.4. The van der Waals surface area contributed by atoms with E-state index in [9.17, 15) is 0 Å². The van der Waals surface area contributed by atoms with Gasteiger partial charge in [0.15, 0.2) is 0 Å². The zero-order valence-corrected chi connectivity index (χ0v) is 10.4. The minimum absolute atomic E-state index is 0.306. The maximum Gasteiger partial charge on any atom is 0.0738 e. The molecule has 1 aliphatic carbocycles. The lowest BCUT2D eigenvalue weighted by Gasteiger charge is -2.29. The van der Waals surface area contributed by atoms with E-state index in [4.69, 9.17) is 0 Å². The number of nitrogens with zero attached hydrogens (tertiary/aromatic N) is 3. The number of aryl methyl sites for hydroxylation is 1. The van der Waals surface area contributed by atoms with Crippen molar-refractivity contribution in [2.24, 2.45) is 7.05 Å². The van der Waals surface area contributed by atoms with Gasteiger partial charge in [-0.25, -0.2) is 0 Å². The van der Waals surface area contributed by atoms with Gasteiger partial charge in [-0.2, -0.15) is 0 Å². The predicted octanol–water partition coefficient (Wildman–Crippen LogP) is 2.02. The molecule has 16 heavy (non-hydrogen) atoms. The Kier molecular flexibility index (Phi) is 3.59. The highest BCUT2D eigenvalue weighted by Gasteiger charge is 2.24. The van der Waals surface area contributed by atoms with Gasteiger partial charge in [0.2, 0.25) is 0 Å². The summed E-state index contributed by atoms with van der Waals surface area (Å²) in [5, 5.41) is 11.5. The Bertz CT molecular complexity index is 324. The van der Waals surface area contributed by atoms with Crippen LogP contribution in [0.4, 0.5) is 0 Å². The molecule has 4 nitrogen and oxygen atoms in total. The van der Waals surface area contributed by atoms with Crippen molar-refractivity contribution < 1.29 is 0 Å². The van der Waals surface area contributed by atoms with E-state index in [0.29, 0.717) is 5.54 Å². The van der Waals surface area contributed by atoms with Crippen molar-refractivity contribution in [3.63, 3.8) is 0 Å². The van der Waals surface area contributed by atoms with Gasteiger partial charge in [0.1, 0.15) is 0 Å². The van der Waals surface area contributed by atoms with Crippen molar-refractivity contribution in [2.75, 3.05) is 0 Å². The molecule has 90 valence electrons. The molecule has 1 heterocycles. The molecule has 1 fully saturated rings. The molecule has 0 spiro atoms. The van der Waals surface area contributed by atoms with E-state index in [1.807, 2.05) is 17.9 Å². The summed E-state index contributed by atoms with van der Waals surface area (Å²) in [6, 6.07) is 0. The van der Waals surface area contributed by atoms with E-state index in [2.05, 4.69) is 22.6 Å². The summed E-state index contributed by atoms with van der Waals surface area (Å²) in [6.07, 6.45) is 9.92. The van der Waals surface area contributed by atoms with Crippen LogP contribution in [0.1, 0.15) is 51.1 Å². The Morgan fingerprint density at radius 1 is 1.31 bits per heavy atom. The lowest BCUT2D eigenvalue weighted by Crippen LogP contribution is -2.41. The fourth-order valence-corrected chi connectivity index (χ4v) is 2.46. The number of rotatable bonds is 3. The Balaban J connectivity index is 1.90. The fourth-order valence-electron chi connectivity index (χ4n) is 2.46. The first-order valence-electron chi connectivity index (χ1n) is 6.28. The second-order valence-corrected chi connectivity index (χ2v) is 5.18. The van der Waals surface area contributed by atoms with Gasteiger partial charge in [-0.3, -0.25) is 4.68 Å². The van der Waals surface area contributed by atoms with Gasteiger partial charge in [0, 0.05) is 19.1 Å². The third kappa shape index (κ3) is 2.82. The summed E-state index contributed by atoms with van der Waals surface area (Å²) < 4.78 is 1.84. The van der Waals surface area contributed by atoms with Crippen LogP contribution in [0.2, 0.25) is 0 Å². The summed E-state index contributed by atoms with van der Waals surface area (Å²) in [5.74, 6) is 0. The van der Waals surface area contributed by atoms with E-state index >= 15 is 0 Å². The number of nitrogens with one attached hydrogen (secondary N) is 1. The van der Waals surface area contributed by atoms with E-state index in [1.165, 1.54) is 38.5 Å². The molecule has 0 aliphatic heterocycles. The number of hydrogen-bond acceptors (Lipinski definition) is 3. The van der Waals surface area contributed by atoms with Crippen molar-refractivity contribution in [2.45, 2.75) is 57.5 Å². The van der Waals surface area contributed by atoms with Gasteiger partial charge in [-0.05, 0) is 19.8 Å². The molecule has 0 atom stereocenters. The first-order chi connectivity index (χ1) is 7.70. The average Bonchev–Trinajstić information content (AvgIpc) is 2.54. The molecular weight excluding hydrogens is 200 g/mol. The summed E-state index contributed by atoms with van der Waals surface area (Å²) >= 11 is 0. The third-order valence-electron chi connectivity index (χ3n) is 3.71. The monoisotopic (exact) mass is 222 g/mol. The Morgan fingerprint density at radius 3 is 2.56 bits per heavy atom. The molecule has 0 bridgehead atoms. The van der Waals surface area contributed by atoms with Crippen LogP contribution in [0, 0.1) is 0 Å². The number of aromatic nitrogens is 3. The van der Waals surface area contributed by atoms with Gasteiger partial charge in [0.25, 0.3) is 0 Å². The molecule has 4 heteroatoms. The molecular formula is C12H22N4. The lowest BCUT2D eigenvalue weighted by atomic mass is 9.92. The predicted molar refractivity (Wildman–Crippen MR) is 63.9 cm³/mol. The van der Waals surface area contributed by atoms with Crippen LogP contribution in [-0.4, -0.2) is 20.5 Å². The van der Waals surface area contributed by atoms with Crippen LogP contribution < -0.4 is 5.32 Å². The molecule has 2 rings (SSSR count). The van der Waals surface area contributed by atoms with Crippen molar-refractivity contribution in [3.05, 3.63) is 11.9 Å². The van der Waals surface area contributed by atoms with Crippen LogP contribution in [0.25, 0.3) is 0 Å². The van der Waals surface area contributed by atoms with Crippen molar-refractivity contribution in [1.82, 2.24) is 20.3 Å². The zero-order valence-electron chi connectivity index (χ0n) is 10.4. The number of hydrogen-bond donors (Lipinski definition) is 1. The third-order valence-corrected chi connectivity index (χ3v) is 3.71. The second kappa shape index (κ2) is 4.95. The first-order valence-corrected chi connectivity index (χ1v) is 6.28. The molecule has 0 unspecified atom stereocenters. The van der Waals surface area contributed by atoms with Crippen LogP contribution in [0.5, 0.6) is 0 Å². The summed E-state index contributed by atoms with van der Waals surface area (Å²) in [4.78, 5) is 0. The van der Waals surface area contributed by atoms with Crippen LogP contribution >= 0.6 is 0 Å². The van der Waals surface area contributed by atoms with Crippen molar-refractivity contribution in [3.8, 4) is 0 Å². The van der Waals surface area contributed by atoms with E-state index in [-0.39, 0.29) is 0 Å². The normalized spacial score (nSPS) is 20.6. The summed E-state index contributed by atoms with van der Waals surface area (Å²) in [6.45, 7) is 3.22. The topological polar surface area (TPSA) is 42.7 Å². The van der Waals surface area contributed by atoms with Gasteiger partial charge in [-0.15, -0.1) is 5.10 Å². The van der Waals surface area contributed by atoms with Gasteiger partial charge in [0.05, 0.1) is 11.9 Å². The maximum absolute atomic E-state index is 3.95. The first kappa shape index (κ1) is 11.6. The molecule has 0 saturated heterocycles. The average molecular weight is 222 g/mol. The van der Waals surface area contributed by atoms with Crippen LogP contribution in [0.15, 0.2) is 6.20 Å². The van der Waals surface area contributed by atoms with Gasteiger partial charge in [-0.1, -0.05) is 30.9 Å². The maximum atomic E-state index is 3.95. The largest absolute Gasteiger partial charge is 0.306 e. The molecule has 1 N–H and O–H groups in total. The summed E-state index contributed by atoms with van der Waals surface area (Å²) in [7, 11) is 1.94. The quantitative estimate of drug-likeness (QED) is 0.796. The molecule has 1 aliphatic rings. The molecule has 1 aromatic heterocycles.